The Kier molecular flexibility index (Phi) is 4.92. The molecule has 0 aliphatic rings. The van der Waals surface area contributed by atoms with Gasteiger partial charge in [0.15, 0.2) is 0 Å². The number of nitrogens with two attached hydrogens (primary N) is 1. The lowest BCUT2D eigenvalue weighted by Gasteiger charge is -2.10. The van der Waals surface area contributed by atoms with Gasteiger partial charge in [0.05, 0.1) is 11.2 Å². The lowest BCUT2D eigenvalue weighted by atomic mass is 10.2. The topological polar surface area (TPSA) is 90.0 Å². The van der Waals surface area contributed by atoms with Crippen LogP contribution in [0.25, 0.3) is 0 Å². The van der Waals surface area contributed by atoms with E-state index in [-0.39, 0.29) is 11.4 Å². The fourth-order valence-corrected chi connectivity index (χ4v) is 3.72. The highest BCUT2D eigenvalue weighted by molar-refractivity contribution is 9.10. The molecule has 1 aromatic heterocycles. The average Bonchev–Trinajstić information content (AvgIpc) is 2.92. The van der Waals surface area contributed by atoms with E-state index < -0.39 is 10.0 Å². The third kappa shape index (κ3) is 3.66. The molecule has 6 nitrogen and oxygen atoms in total. The summed E-state index contributed by atoms with van der Waals surface area (Å²) in [5.74, 6) is 0. The number of rotatable bonds is 6. The summed E-state index contributed by atoms with van der Waals surface area (Å²) in [5, 5.41) is 0. The first-order valence-electron chi connectivity index (χ1n) is 5.97. The third-order valence-corrected chi connectivity index (χ3v) is 5.20. The second-order valence-corrected chi connectivity index (χ2v) is 6.76. The molecule has 108 valence electrons. The van der Waals surface area contributed by atoms with Gasteiger partial charge >= 0.3 is 0 Å². The molecule has 1 aromatic carbocycles. The molecule has 2 aromatic rings. The predicted molar refractivity (Wildman–Crippen MR) is 79.4 cm³/mol. The molecule has 0 atom stereocenters. The van der Waals surface area contributed by atoms with Crippen molar-refractivity contribution in [1.82, 2.24) is 14.3 Å². The van der Waals surface area contributed by atoms with Gasteiger partial charge in [0.1, 0.15) is 0 Å². The van der Waals surface area contributed by atoms with E-state index in [0.717, 1.165) is 5.56 Å². The van der Waals surface area contributed by atoms with Crippen LogP contribution in [-0.4, -0.2) is 24.5 Å². The Labute approximate surface area is 126 Å². The number of nitrogens with zero attached hydrogens (tertiary/aromatic N) is 2. The summed E-state index contributed by atoms with van der Waals surface area (Å²) in [4.78, 5) is 4.10. The molecule has 0 saturated heterocycles. The molecule has 0 spiro atoms. The van der Waals surface area contributed by atoms with Crippen LogP contribution in [0.1, 0.15) is 5.56 Å². The predicted octanol–water partition coefficient (Wildman–Crippen LogP) is 1.08. The summed E-state index contributed by atoms with van der Waals surface area (Å²) in [6, 6.07) is 5.05. The van der Waals surface area contributed by atoms with Crippen LogP contribution in [0.15, 0.2) is 46.3 Å². The van der Waals surface area contributed by atoms with Crippen LogP contribution in [0, 0.1) is 0 Å². The van der Waals surface area contributed by atoms with E-state index in [9.17, 15) is 8.42 Å². The van der Waals surface area contributed by atoms with Gasteiger partial charge in [-0.1, -0.05) is 6.07 Å². The molecule has 8 heteroatoms. The summed E-state index contributed by atoms with van der Waals surface area (Å²) >= 11 is 3.25. The van der Waals surface area contributed by atoms with Crippen LogP contribution in [0.2, 0.25) is 0 Å². The Morgan fingerprint density at radius 2 is 2.20 bits per heavy atom. The number of halogens is 1. The Morgan fingerprint density at radius 1 is 1.40 bits per heavy atom. The fraction of sp³-hybridized carbons (Fsp3) is 0.250. The Bertz CT molecular complexity index is 671. The smallest absolute Gasteiger partial charge is 0.241 e. The van der Waals surface area contributed by atoms with Gasteiger partial charge in [-0.3, -0.25) is 0 Å². The van der Waals surface area contributed by atoms with Gasteiger partial charge in [-0.05, 0) is 33.6 Å². The first-order valence-corrected chi connectivity index (χ1v) is 8.24. The van der Waals surface area contributed by atoms with E-state index in [1.807, 2.05) is 0 Å². The minimum atomic E-state index is -3.56. The summed E-state index contributed by atoms with van der Waals surface area (Å²) in [6.07, 6.45) is 5.06. The molecule has 0 saturated carbocycles. The number of aromatic nitrogens is 2. The van der Waals surface area contributed by atoms with E-state index in [4.69, 9.17) is 5.73 Å². The van der Waals surface area contributed by atoms with Crippen LogP contribution >= 0.6 is 15.9 Å². The zero-order valence-corrected chi connectivity index (χ0v) is 13.1. The van der Waals surface area contributed by atoms with Crippen molar-refractivity contribution >= 4 is 26.0 Å². The van der Waals surface area contributed by atoms with Crippen molar-refractivity contribution in [2.45, 2.75) is 18.0 Å². The van der Waals surface area contributed by atoms with Gasteiger partial charge in [0, 0.05) is 36.5 Å². The second-order valence-electron chi connectivity index (χ2n) is 4.17. The maximum Gasteiger partial charge on any atom is 0.241 e. The van der Waals surface area contributed by atoms with Crippen LogP contribution < -0.4 is 10.5 Å². The molecule has 1 heterocycles. The van der Waals surface area contributed by atoms with E-state index in [1.54, 1.807) is 41.5 Å². The molecule has 2 rings (SSSR count). The van der Waals surface area contributed by atoms with Crippen molar-refractivity contribution in [1.29, 1.82) is 0 Å². The van der Waals surface area contributed by atoms with Crippen molar-refractivity contribution in [3.63, 3.8) is 0 Å². The first-order chi connectivity index (χ1) is 9.53. The van der Waals surface area contributed by atoms with E-state index in [1.165, 1.54) is 0 Å². The fourth-order valence-electron chi connectivity index (χ4n) is 1.69. The SMILES string of the molecule is NCc1ccc(Br)c(S(=O)(=O)NCCn2ccnc2)c1. The molecule has 0 fully saturated rings. The van der Waals surface area contributed by atoms with Crippen molar-refractivity contribution in [2.24, 2.45) is 5.73 Å². The molecule has 0 amide bonds. The van der Waals surface area contributed by atoms with Gasteiger partial charge < -0.3 is 10.3 Å². The van der Waals surface area contributed by atoms with Crippen molar-refractivity contribution in [3.05, 3.63) is 47.0 Å². The number of hydrogen-bond donors (Lipinski definition) is 2. The van der Waals surface area contributed by atoms with Crippen LogP contribution in [0.3, 0.4) is 0 Å². The number of imidazole rings is 1. The number of nitrogens with one attached hydrogen (secondary N) is 1. The Balaban J connectivity index is 2.09. The van der Waals surface area contributed by atoms with Crippen LogP contribution in [0.4, 0.5) is 0 Å². The van der Waals surface area contributed by atoms with Gasteiger partial charge in [-0.15, -0.1) is 0 Å². The quantitative estimate of drug-likeness (QED) is 0.808. The number of hydrogen-bond acceptors (Lipinski definition) is 4. The number of benzene rings is 1. The minimum absolute atomic E-state index is 0.200. The van der Waals surface area contributed by atoms with Gasteiger partial charge in [0.25, 0.3) is 0 Å². The molecule has 0 radical (unpaired) electrons. The Morgan fingerprint density at radius 3 is 2.85 bits per heavy atom. The molecular weight excluding hydrogens is 344 g/mol. The second kappa shape index (κ2) is 6.49. The number of sulfonamides is 1. The van der Waals surface area contributed by atoms with E-state index in [2.05, 4.69) is 25.6 Å². The molecule has 3 N–H and O–H groups in total. The summed E-state index contributed by atoms with van der Waals surface area (Å²) in [5.41, 5.74) is 6.30. The lowest BCUT2D eigenvalue weighted by molar-refractivity contribution is 0.572. The molecule has 0 aliphatic carbocycles. The van der Waals surface area contributed by atoms with E-state index >= 15 is 0 Å². The minimum Gasteiger partial charge on any atom is -0.336 e. The third-order valence-electron chi connectivity index (χ3n) is 2.74. The molecule has 20 heavy (non-hydrogen) atoms. The van der Waals surface area contributed by atoms with Gasteiger partial charge in [-0.25, -0.2) is 18.1 Å². The van der Waals surface area contributed by atoms with Crippen molar-refractivity contribution < 1.29 is 8.42 Å². The molecule has 0 unspecified atom stereocenters. The highest BCUT2D eigenvalue weighted by atomic mass is 79.9. The largest absolute Gasteiger partial charge is 0.336 e. The average molecular weight is 359 g/mol. The first kappa shape index (κ1) is 15.2. The Hall–Kier alpha value is -1.22. The van der Waals surface area contributed by atoms with Gasteiger partial charge in [-0.2, -0.15) is 0 Å². The van der Waals surface area contributed by atoms with Crippen molar-refractivity contribution in [2.75, 3.05) is 6.54 Å². The maximum atomic E-state index is 12.2. The highest BCUT2D eigenvalue weighted by Gasteiger charge is 2.17. The summed E-state index contributed by atoms with van der Waals surface area (Å²) in [6.45, 7) is 1.11. The molecule has 0 aliphatic heterocycles. The normalized spacial score (nSPS) is 11.7. The summed E-state index contributed by atoms with van der Waals surface area (Å²) in [7, 11) is -3.56. The zero-order valence-electron chi connectivity index (χ0n) is 10.7. The van der Waals surface area contributed by atoms with Crippen LogP contribution in [0.5, 0.6) is 0 Å². The van der Waals surface area contributed by atoms with Gasteiger partial charge in [0.2, 0.25) is 10.0 Å². The van der Waals surface area contributed by atoms with Crippen LogP contribution in [-0.2, 0) is 23.1 Å². The van der Waals surface area contributed by atoms with E-state index in [0.29, 0.717) is 17.6 Å². The zero-order chi connectivity index (χ0) is 14.6. The monoisotopic (exact) mass is 358 g/mol. The standard InChI is InChI=1S/C12H15BrN4O2S/c13-11-2-1-10(8-14)7-12(11)20(18,19)16-4-6-17-5-3-15-9-17/h1-3,5,7,9,16H,4,6,8,14H2. The lowest BCUT2D eigenvalue weighted by Crippen LogP contribution is -2.27. The van der Waals surface area contributed by atoms with Crippen molar-refractivity contribution in [3.8, 4) is 0 Å². The molecule has 0 bridgehead atoms. The molecular formula is C12H15BrN4O2S. The maximum absolute atomic E-state index is 12.2. The summed E-state index contributed by atoms with van der Waals surface area (Å²) < 4.78 is 29.4. The highest BCUT2D eigenvalue weighted by Crippen LogP contribution is 2.22.